The van der Waals surface area contributed by atoms with Crippen LogP contribution in [0.4, 0.5) is 5.00 Å². The lowest BCUT2D eigenvalue weighted by atomic mass is 10.00. The van der Waals surface area contributed by atoms with E-state index in [4.69, 9.17) is 0 Å². The molecule has 0 aliphatic heterocycles. The van der Waals surface area contributed by atoms with Gasteiger partial charge in [-0.25, -0.2) is 0 Å². The zero-order chi connectivity index (χ0) is 19.7. The molecule has 0 bridgehead atoms. The maximum atomic E-state index is 3.40. The van der Waals surface area contributed by atoms with E-state index in [0.717, 1.165) is 0 Å². The van der Waals surface area contributed by atoms with Gasteiger partial charge in [-0.1, -0.05) is 0 Å². The van der Waals surface area contributed by atoms with Gasteiger partial charge in [0, 0.05) is 50.5 Å². The molecule has 0 atom stereocenters. The van der Waals surface area contributed by atoms with E-state index in [0.29, 0.717) is 12.1 Å². The van der Waals surface area contributed by atoms with Gasteiger partial charge in [0.2, 0.25) is 0 Å². The molecule has 3 nitrogen and oxygen atoms in total. The summed E-state index contributed by atoms with van der Waals surface area (Å²) in [7, 11) is 0. The molecule has 0 unspecified atom stereocenters. The minimum Gasteiger partial charge on any atom is -0.364 e. The monoisotopic (exact) mass is 409 g/mol. The van der Waals surface area contributed by atoms with Crippen LogP contribution in [-0.2, 0) is 0 Å². The summed E-state index contributed by atoms with van der Waals surface area (Å²) in [6.07, 6.45) is 4.00. The lowest BCUT2D eigenvalue weighted by Crippen LogP contribution is -2.36. The number of hydrogen-bond acceptors (Lipinski definition) is 3. The summed E-state index contributed by atoms with van der Waals surface area (Å²) in [5.74, 6) is 0.214. The van der Waals surface area contributed by atoms with Crippen molar-refractivity contribution in [1.82, 2.24) is 9.97 Å². The molecule has 5 heteroatoms. The Bertz CT molecular complexity index is 948. The van der Waals surface area contributed by atoms with E-state index < -0.39 is 0 Å². The molecule has 0 aliphatic carbocycles. The summed E-state index contributed by atoms with van der Waals surface area (Å²) >= 11 is 3.78. The van der Waals surface area contributed by atoms with Crippen LogP contribution in [0.3, 0.4) is 0 Å². The molecule has 0 aromatic carbocycles. The van der Waals surface area contributed by atoms with Gasteiger partial charge in [-0.2, -0.15) is 0 Å². The highest BCUT2D eigenvalue weighted by Gasteiger charge is 2.22. The zero-order valence-corrected chi connectivity index (χ0v) is 18.4. The van der Waals surface area contributed by atoms with E-state index >= 15 is 0 Å². The maximum Gasteiger partial charge on any atom is 0.0919 e. The Labute approximate surface area is 175 Å². The minimum absolute atomic E-state index is 0.214. The first-order chi connectivity index (χ1) is 13.5. The van der Waals surface area contributed by atoms with Crippen molar-refractivity contribution in [2.24, 2.45) is 0 Å². The highest BCUT2D eigenvalue weighted by molar-refractivity contribution is 7.24. The SMILES string of the molecule is CC(C)N(c1ccc(-c2ccc(C(c3ccc[nH]3)c3ccc[nH]3)s2)s1)C(C)C. The minimum atomic E-state index is 0.214. The highest BCUT2D eigenvalue weighted by atomic mass is 32.1. The van der Waals surface area contributed by atoms with E-state index in [1.165, 1.54) is 31.0 Å². The van der Waals surface area contributed by atoms with Gasteiger partial charge in [0.15, 0.2) is 0 Å². The van der Waals surface area contributed by atoms with Gasteiger partial charge in [0.05, 0.1) is 10.9 Å². The van der Waals surface area contributed by atoms with Crippen LogP contribution in [0.5, 0.6) is 0 Å². The van der Waals surface area contributed by atoms with Crippen molar-refractivity contribution >= 4 is 27.7 Å². The van der Waals surface area contributed by atoms with Gasteiger partial charge < -0.3 is 14.9 Å². The molecule has 4 heterocycles. The fourth-order valence-corrected chi connectivity index (χ4v) is 6.38. The van der Waals surface area contributed by atoms with Crippen LogP contribution >= 0.6 is 22.7 Å². The third-order valence-electron chi connectivity index (χ3n) is 4.98. The summed E-state index contributed by atoms with van der Waals surface area (Å²) < 4.78 is 0. The van der Waals surface area contributed by atoms with E-state index in [9.17, 15) is 0 Å². The molecule has 28 heavy (non-hydrogen) atoms. The zero-order valence-electron chi connectivity index (χ0n) is 16.8. The Kier molecular flexibility index (Phi) is 5.47. The van der Waals surface area contributed by atoms with Gasteiger partial charge >= 0.3 is 0 Å². The average Bonchev–Trinajstić information content (AvgIpc) is 3.44. The molecule has 0 saturated carbocycles. The molecule has 0 spiro atoms. The quantitative estimate of drug-likeness (QED) is 0.341. The van der Waals surface area contributed by atoms with E-state index in [-0.39, 0.29) is 5.92 Å². The fourth-order valence-electron chi connectivity index (χ4n) is 3.87. The molecule has 0 fully saturated rings. The van der Waals surface area contributed by atoms with Crippen molar-refractivity contribution < 1.29 is 0 Å². The number of nitrogens with one attached hydrogen (secondary N) is 2. The second kappa shape index (κ2) is 8.02. The molecule has 2 N–H and O–H groups in total. The standard InChI is InChI=1S/C23H27N3S2/c1-15(2)26(16(3)4)22-12-11-20(28-22)19-9-10-21(27-19)23(17-7-5-13-24-17)18-8-6-14-25-18/h5-16,23-25H,1-4H3. The smallest absolute Gasteiger partial charge is 0.0919 e. The highest BCUT2D eigenvalue weighted by Crippen LogP contribution is 2.42. The summed E-state index contributed by atoms with van der Waals surface area (Å²) in [4.78, 5) is 13.3. The number of aromatic nitrogens is 2. The largest absolute Gasteiger partial charge is 0.364 e. The number of hydrogen-bond donors (Lipinski definition) is 2. The Morgan fingerprint density at radius 1 is 0.714 bits per heavy atom. The lowest BCUT2D eigenvalue weighted by molar-refractivity contribution is 0.613. The number of anilines is 1. The predicted octanol–water partition coefficient (Wildman–Crippen LogP) is 6.94. The average molecular weight is 410 g/mol. The molecule has 0 saturated heterocycles. The van der Waals surface area contributed by atoms with E-state index in [1.54, 1.807) is 0 Å². The van der Waals surface area contributed by atoms with Gasteiger partial charge in [-0.15, -0.1) is 22.7 Å². The summed E-state index contributed by atoms with van der Waals surface area (Å²) in [5.41, 5.74) is 2.43. The van der Waals surface area contributed by atoms with Crippen LogP contribution in [0.2, 0.25) is 0 Å². The van der Waals surface area contributed by atoms with Crippen molar-refractivity contribution in [2.45, 2.75) is 45.7 Å². The Morgan fingerprint density at radius 3 is 1.82 bits per heavy atom. The van der Waals surface area contributed by atoms with Gasteiger partial charge in [-0.3, -0.25) is 0 Å². The van der Waals surface area contributed by atoms with Gasteiger partial charge in [0.1, 0.15) is 0 Å². The van der Waals surface area contributed by atoms with Crippen LogP contribution in [0.15, 0.2) is 60.9 Å². The van der Waals surface area contributed by atoms with Gasteiger partial charge in [0.25, 0.3) is 0 Å². The third kappa shape index (κ3) is 3.69. The number of thiophene rings is 2. The molecule has 0 amide bonds. The Morgan fingerprint density at radius 2 is 1.29 bits per heavy atom. The molecule has 4 aromatic rings. The second-order valence-corrected chi connectivity index (χ2v) is 9.80. The summed E-state index contributed by atoms with van der Waals surface area (Å²) in [6, 6.07) is 18.5. The number of rotatable bonds is 7. The van der Waals surface area contributed by atoms with Crippen LogP contribution in [0, 0.1) is 0 Å². The first-order valence-electron chi connectivity index (χ1n) is 9.79. The first-order valence-corrected chi connectivity index (χ1v) is 11.4. The lowest BCUT2D eigenvalue weighted by Gasteiger charge is -2.31. The summed E-state index contributed by atoms with van der Waals surface area (Å²) in [6.45, 7) is 9.06. The van der Waals surface area contributed by atoms with Crippen LogP contribution in [0.25, 0.3) is 9.75 Å². The molecule has 0 aliphatic rings. The van der Waals surface area contributed by atoms with Gasteiger partial charge in [-0.05, 0) is 76.2 Å². The predicted molar refractivity (Wildman–Crippen MR) is 123 cm³/mol. The van der Waals surface area contributed by atoms with Crippen molar-refractivity contribution in [3.63, 3.8) is 0 Å². The molecular formula is C23H27N3S2. The number of H-pyrrole nitrogens is 2. The van der Waals surface area contributed by atoms with Crippen LogP contribution in [0.1, 0.15) is 49.9 Å². The van der Waals surface area contributed by atoms with Crippen molar-refractivity contribution in [3.8, 4) is 9.75 Å². The number of aromatic amines is 2. The van der Waals surface area contributed by atoms with E-state index in [1.807, 2.05) is 35.1 Å². The normalized spacial score (nSPS) is 11.8. The molecule has 4 aromatic heterocycles. The van der Waals surface area contributed by atoms with Crippen molar-refractivity contribution in [1.29, 1.82) is 0 Å². The third-order valence-corrected chi connectivity index (χ3v) is 7.42. The molecule has 0 radical (unpaired) electrons. The van der Waals surface area contributed by atoms with Crippen molar-refractivity contribution in [2.75, 3.05) is 4.90 Å². The Hall–Kier alpha value is -2.24. The second-order valence-electron chi connectivity index (χ2n) is 7.62. The van der Waals surface area contributed by atoms with E-state index in [2.05, 4.69) is 91.1 Å². The maximum absolute atomic E-state index is 3.40. The molecule has 4 rings (SSSR count). The summed E-state index contributed by atoms with van der Waals surface area (Å²) in [5, 5.41) is 1.35. The molecule has 146 valence electrons. The fraction of sp³-hybridized carbons (Fsp3) is 0.304. The molecular weight excluding hydrogens is 382 g/mol. The Balaban J connectivity index is 1.66. The topological polar surface area (TPSA) is 34.8 Å². The van der Waals surface area contributed by atoms with Crippen molar-refractivity contribution in [3.05, 3.63) is 77.2 Å². The first kappa shape index (κ1) is 19.1. The number of nitrogens with zero attached hydrogens (tertiary/aromatic N) is 1. The van der Waals surface area contributed by atoms with Crippen LogP contribution in [-0.4, -0.2) is 22.1 Å². The van der Waals surface area contributed by atoms with Crippen LogP contribution < -0.4 is 4.90 Å².